The van der Waals surface area contributed by atoms with E-state index in [0.29, 0.717) is 22.0 Å². The van der Waals surface area contributed by atoms with Gasteiger partial charge in [0.2, 0.25) is 0 Å². The monoisotopic (exact) mass is 347 g/mol. The smallest absolute Gasteiger partial charge is 0.338 e. The number of esters is 1. The first-order valence-electron chi connectivity index (χ1n) is 7.32. The first-order chi connectivity index (χ1) is 11.4. The van der Waals surface area contributed by atoms with Crippen molar-refractivity contribution in [2.45, 2.75) is 20.0 Å². The van der Waals surface area contributed by atoms with Gasteiger partial charge in [-0.05, 0) is 44.2 Å². The summed E-state index contributed by atoms with van der Waals surface area (Å²) < 4.78 is 10.2. The highest BCUT2D eigenvalue weighted by Gasteiger charge is 2.19. The van der Waals surface area contributed by atoms with Crippen LogP contribution in [0.4, 0.5) is 5.69 Å². The van der Waals surface area contributed by atoms with Gasteiger partial charge in [-0.1, -0.05) is 29.3 Å². The molecule has 0 aliphatic heterocycles. The molecular formula is C18H18ClNO4. The molecule has 1 N–H and O–H groups in total. The molecule has 0 bridgehead atoms. The first-order valence-corrected chi connectivity index (χ1v) is 7.70. The lowest BCUT2D eigenvalue weighted by atomic mass is 10.1. The lowest BCUT2D eigenvalue weighted by molar-refractivity contribution is -0.123. The van der Waals surface area contributed by atoms with Gasteiger partial charge in [0.15, 0.2) is 6.10 Å². The quantitative estimate of drug-likeness (QED) is 0.834. The van der Waals surface area contributed by atoms with Crippen LogP contribution in [0.2, 0.25) is 5.02 Å². The molecule has 0 spiro atoms. The minimum atomic E-state index is -0.945. The van der Waals surface area contributed by atoms with Crippen molar-refractivity contribution in [3.63, 3.8) is 0 Å². The lowest BCUT2D eigenvalue weighted by Crippen LogP contribution is -2.30. The van der Waals surface area contributed by atoms with Gasteiger partial charge in [-0.15, -0.1) is 0 Å². The number of hydrogen-bond acceptors (Lipinski definition) is 4. The average Bonchev–Trinajstić information content (AvgIpc) is 2.55. The van der Waals surface area contributed by atoms with E-state index in [0.717, 1.165) is 5.56 Å². The third kappa shape index (κ3) is 4.49. The standard InChI is InChI=1S/C18H18ClNO4/c1-11-5-4-6-13(9-11)18(22)24-12(2)17(21)20-14-7-8-16(23-3)15(19)10-14/h4-10,12H,1-3H3,(H,20,21)/t12-/m1/s1. The van der Waals surface area contributed by atoms with Gasteiger partial charge in [0, 0.05) is 5.69 Å². The van der Waals surface area contributed by atoms with Crippen molar-refractivity contribution in [3.8, 4) is 5.75 Å². The summed E-state index contributed by atoms with van der Waals surface area (Å²) in [6.45, 7) is 3.38. The van der Waals surface area contributed by atoms with Crippen molar-refractivity contribution >= 4 is 29.2 Å². The molecule has 2 aromatic carbocycles. The van der Waals surface area contributed by atoms with Crippen LogP contribution in [-0.2, 0) is 9.53 Å². The minimum Gasteiger partial charge on any atom is -0.495 e. The van der Waals surface area contributed by atoms with E-state index in [4.69, 9.17) is 21.1 Å². The Labute approximate surface area is 145 Å². The Morgan fingerprint density at radius 3 is 2.54 bits per heavy atom. The summed E-state index contributed by atoms with van der Waals surface area (Å²) in [5.74, 6) is -0.486. The Kier molecular flexibility index (Phi) is 5.82. The van der Waals surface area contributed by atoms with Crippen molar-refractivity contribution in [1.29, 1.82) is 0 Å². The second-order valence-electron chi connectivity index (χ2n) is 5.26. The van der Waals surface area contributed by atoms with Crippen molar-refractivity contribution in [2.75, 3.05) is 12.4 Å². The summed E-state index contributed by atoms with van der Waals surface area (Å²) in [5.41, 5.74) is 1.83. The maximum Gasteiger partial charge on any atom is 0.338 e. The molecule has 0 unspecified atom stereocenters. The van der Waals surface area contributed by atoms with Crippen LogP contribution >= 0.6 is 11.6 Å². The van der Waals surface area contributed by atoms with E-state index in [9.17, 15) is 9.59 Å². The Hall–Kier alpha value is -2.53. The predicted molar refractivity (Wildman–Crippen MR) is 92.7 cm³/mol. The zero-order valence-electron chi connectivity index (χ0n) is 13.6. The fraction of sp³-hybridized carbons (Fsp3) is 0.222. The normalized spacial score (nSPS) is 11.5. The average molecular weight is 348 g/mol. The van der Waals surface area contributed by atoms with Crippen LogP contribution in [0.5, 0.6) is 5.75 Å². The van der Waals surface area contributed by atoms with Gasteiger partial charge in [0.1, 0.15) is 5.75 Å². The number of anilines is 1. The van der Waals surface area contributed by atoms with E-state index in [-0.39, 0.29) is 0 Å². The fourth-order valence-corrected chi connectivity index (χ4v) is 2.30. The van der Waals surface area contributed by atoms with E-state index < -0.39 is 18.0 Å². The second-order valence-corrected chi connectivity index (χ2v) is 5.66. The van der Waals surface area contributed by atoms with Crippen LogP contribution < -0.4 is 10.1 Å². The molecule has 24 heavy (non-hydrogen) atoms. The van der Waals surface area contributed by atoms with Gasteiger partial charge in [-0.3, -0.25) is 4.79 Å². The number of nitrogens with one attached hydrogen (secondary N) is 1. The molecule has 0 saturated heterocycles. The van der Waals surface area contributed by atoms with Gasteiger partial charge in [-0.2, -0.15) is 0 Å². The zero-order valence-corrected chi connectivity index (χ0v) is 14.4. The van der Waals surface area contributed by atoms with E-state index in [1.807, 2.05) is 13.0 Å². The molecule has 0 heterocycles. The third-order valence-corrected chi connectivity index (χ3v) is 3.62. The predicted octanol–water partition coefficient (Wildman–Crippen LogP) is 3.84. The number of rotatable bonds is 5. The fourth-order valence-electron chi connectivity index (χ4n) is 2.04. The number of benzene rings is 2. The first kappa shape index (κ1) is 17.8. The molecule has 2 aromatic rings. The number of methoxy groups -OCH3 is 1. The summed E-state index contributed by atoms with van der Waals surface area (Å²) >= 11 is 6.01. The molecule has 0 aliphatic carbocycles. The number of carbonyl (C=O) groups excluding carboxylic acids is 2. The maximum absolute atomic E-state index is 12.1. The maximum atomic E-state index is 12.1. The van der Waals surface area contributed by atoms with Gasteiger partial charge >= 0.3 is 5.97 Å². The highest BCUT2D eigenvalue weighted by atomic mass is 35.5. The Morgan fingerprint density at radius 1 is 1.17 bits per heavy atom. The molecule has 6 heteroatoms. The molecule has 126 valence electrons. The SMILES string of the molecule is COc1ccc(NC(=O)[C@@H](C)OC(=O)c2cccc(C)c2)cc1Cl. The molecule has 0 saturated carbocycles. The molecule has 1 amide bonds. The molecular weight excluding hydrogens is 330 g/mol. The molecule has 2 rings (SSSR count). The Bertz CT molecular complexity index is 760. The van der Waals surface area contributed by atoms with Crippen LogP contribution in [0.3, 0.4) is 0 Å². The number of amides is 1. The van der Waals surface area contributed by atoms with Crippen LogP contribution in [-0.4, -0.2) is 25.1 Å². The van der Waals surface area contributed by atoms with E-state index >= 15 is 0 Å². The van der Waals surface area contributed by atoms with Crippen molar-refractivity contribution in [2.24, 2.45) is 0 Å². The number of aryl methyl sites for hydroxylation is 1. The van der Waals surface area contributed by atoms with Crippen LogP contribution in [0.1, 0.15) is 22.8 Å². The highest BCUT2D eigenvalue weighted by Crippen LogP contribution is 2.27. The number of ether oxygens (including phenoxy) is 2. The van der Waals surface area contributed by atoms with Gasteiger partial charge < -0.3 is 14.8 Å². The largest absolute Gasteiger partial charge is 0.495 e. The van der Waals surface area contributed by atoms with Crippen molar-refractivity contribution in [1.82, 2.24) is 0 Å². The summed E-state index contributed by atoms with van der Waals surface area (Å²) in [6, 6.07) is 11.8. The summed E-state index contributed by atoms with van der Waals surface area (Å²) in [6.07, 6.45) is -0.945. The number of halogens is 1. The van der Waals surface area contributed by atoms with Gasteiger partial charge in [0.25, 0.3) is 5.91 Å². The Balaban J connectivity index is 1.99. The third-order valence-electron chi connectivity index (χ3n) is 3.33. The topological polar surface area (TPSA) is 64.6 Å². The number of carbonyl (C=O) groups is 2. The molecule has 0 aliphatic rings. The zero-order chi connectivity index (χ0) is 17.7. The second kappa shape index (κ2) is 7.84. The molecule has 0 fully saturated rings. The van der Waals surface area contributed by atoms with E-state index in [1.54, 1.807) is 36.4 Å². The van der Waals surface area contributed by atoms with Gasteiger partial charge in [0.05, 0.1) is 17.7 Å². The molecule has 0 aromatic heterocycles. The Morgan fingerprint density at radius 2 is 1.92 bits per heavy atom. The van der Waals surface area contributed by atoms with Crippen molar-refractivity contribution in [3.05, 3.63) is 58.6 Å². The summed E-state index contributed by atoms with van der Waals surface area (Å²) in [5, 5.41) is 3.02. The van der Waals surface area contributed by atoms with Gasteiger partial charge in [-0.25, -0.2) is 4.79 Å². The minimum absolute atomic E-state index is 0.375. The van der Waals surface area contributed by atoms with E-state index in [1.165, 1.54) is 14.0 Å². The summed E-state index contributed by atoms with van der Waals surface area (Å²) in [7, 11) is 1.51. The number of hydrogen-bond donors (Lipinski definition) is 1. The van der Waals surface area contributed by atoms with Crippen molar-refractivity contribution < 1.29 is 19.1 Å². The van der Waals surface area contributed by atoms with Crippen LogP contribution in [0.15, 0.2) is 42.5 Å². The molecule has 1 atom stereocenters. The highest BCUT2D eigenvalue weighted by molar-refractivity contribution is 6.32. The lowest BCUT2D eigenvalue weighted by Gasteiger charge is -2.14. The van der Waals surface area contributed by atoms with Crippen LogP contribution in [0.25, 0.3) is 0 Å². The molecule has 0 radical (unpaired) electrons. The summed E-state index contributed by atoms with van der Waals surface area (Å²) in [4.78, 5) is 24.2. The van der Waals surface area contributed by atoms with Crippen LogP contribution in [0, 0.1) is 6.92 Å². The van der Waals surface area contributed by atoms with E-state index in [2.05, 4.69) is 5.32 Å². The molecule has 5 nitrogen and oxygen atoms in total.